The highest BCUT2D eigenvalue weighted by Gasteiger charge is 2.17. The van der Waals surface area contributed by atoms with E-state index >= 15 is 0 Å². The Balaban J connectivity index is 1.84. The first-order valence-corrected chi connectivity index (χ1v) is 7.09. The first-order chi connectivity index (χ1) is 9.67. The molecule has 0 atom stereocenters. The lowest BCUT2D eigenvalue weighted by Gasteiger charge is -2.13. The van der Waals surface area contributed by atoms with Gasteiger partial charge < -0.3 is 15.8 Å². The number of hydrogen-bond acceptors (Lipinski definition) is 3. The predicted molar refractivity (Wildman–Crippen MR) is 75.1 cm³/mol. The Bertz CT molecular complexity index is 459. The molecule has 0 heterocycles. The van der Waals surface area contributed by atoms with Gasteiger partial charge in [-0.2, -0.15) is 0 Å². The molecule has 1 aromatic rings. The van der Waals surface area contributed by atoms with Gasteiger partial charge in [-0.25, -0.2) is 4.39 Å². The molecule has 2 rings (SSSR count). The van der Waals surface area contributed by atoms with Gasteiger partial charge in [-0.15, -0.1) is 0 Å². The summed E-state index contributed by atoms with van der Waals surface area (Å²) in [5.41, 5.74) is 6.22. The number of hydrogen-bond donors (Lipinski definition) is 2. The molecule has 4 nitrogen and oxygen atoms in total. The summed E-state index contributed by atoms with van der Waals surface area (Å²) < 4.78 is 18.7. The average molecular weight is 280 g/mol. The Hall–Kier alpha value is -1.62. The number of amides is 1. The van der Waals surface area contributed by atoms with Gasteiger partial charge in [0, 0.05) is 12.1 Å². The van der Waals surface area contributed by atoms with Gasteiger partial charge in [0.1, 0.15) is 11.6 Å². The standard InChI is InChI=1S/C15H21FN2O2/c16-12-7-11(5-6-17)8-14(9-12)20-10-15(19)18-13-3-1-2-4-13/h7-9,13H,1-6,10,17H2,(H,18,19). The molecular formula is C15H21FN2O2. The van der Waals surface area contributed by atoms with Crippen molar-refractivity contribution in [2.75, 3.05) is 13.2 Å². The van der Waals surface area contributed by atoms with E-state index in [9.17, 15) is 9.18 Å². The zero-order chi connectivity index (χ0) is 14.4. The molecule has 1 aliphatic rings. The SMILES string of the molecule is NCCc1cc(F)cc(OCC(=O)NC2CCCC2)c1. The lowest BCUT2D eigenvalue weighted by atomic mass is 10.1. The van der Waals surface area contributed by atoms with Gasteiger partial charge in [0.05, 0.1) is 0 Å². The lowest BCUT2D eigenvalue weighted by Crippen LogP contribution is -2.36. The summed E-state index contributed by atoms with van der Waals surface area (Å²) in [7, 11) is 0. The Kier molecular flexibility index (Phi) is 5.35. The number of benzene rings is 1. The molecule has 1 saturated carbocycles. The largest absolute Gasteiger partial charge is 0.484 e. The maximum atomic E-state index is 13.4. The average Bonchev–Trinajstić information content (AvgIpc) is 2.89. The van der Waals surface area contributed by atoms with Gasteiger partial charge in [0.25, 0.3) is 5.91 Å². The maximum Gasteiger partial charge on any atom is 0.258 e. The van der Waals surface area contributed by atoms with E-state index < -0.39 is 0 Å². The molecule has 0 aromatic heterocycles. The van der Waals surface area contributed by atoms with Gasteiger partial charge in [-0.05, 0) is 43.5 Å². The van der Waals surface area contributed by atoms with Gasteiger partial charge >= 0.3 is 0 Å². The molecule has 1 aliphatic carbocycles. The normalized spacial score (nSPS) is 15.3. The molecule has 20 heavy (non-hydrogen) atoms. The van der Waals surface area contributed by atoms with Crippen LogP contribution in [0.1, 0.15) is 31.2 Å². The van der Waals surface area contributed by atoms with E-state index in [2.05, 4.69) is 5.32 Å². The van der Waals surface area contributed by atoms with Crippen LogP contribution in [-0.4, -0.2) is 25.1 Å². The van der Waals surface area contributed by atoms with Gasteiger partial charge in [0.2, 0.25) is 0 Å². The Morgan fingerprint density at radius 2 is 2.10 bits per heavy atom. The third-order valence-electron chi connectivity index (χ3n) is 3.45. The van der Waals surface area contributed by atoms with Crippen LogP contribution in [-0.2, 0) is 11.2 Å². The van der Waals surface area contributed by atoms with Gasteiger partial charge in [-0.1, -0.05) is 12.8 Å². The van der Waals surface area contributed by atoms with E-state index in [1.165, 1.54) is 12.1 Å². The number of rotatable bonds is 6. The predicted octanol–water partition coefficient (Wildman–Crippen LogP) is 1.76. The van der Waals surface area contributed by atoms with Crippen molar-refractivity contribution < 1.29 is 13.9 Å². The fourth-order valence-electron chi connectivity index (χ4n) is 2.50. The smallest absolute Gasteiger partial charge is 0.258 e. The summed E-state index contributed by atoms with van der Waals surface area (Å²) in [6, 6.07) is 4.70. The minimum absolute atomic E-state index is 0.0813. The quantitative estimate of drug-likeness (QED) is 0.834. The van der Waals surface area contributed by atoms with Crippen LogP contribution in [0.5, 0.6) is 5.75 Å². The van der Waals surface area contributed by atoms with E-state index in [1.807, 2.05) is 0 Å². The molecule has 1 aromatic carbocycles. The van der Waals surface area contributed by atoms with Crippen molar-refractivity contribution in [1.29, 1.82) is 0 Å². The summed E-state index contributed by atoms with van der Waals surface area (Å²) >= 11 is 0. The first-order valence-electron chi connectivity index (χ1n) is 7.09. The second kappa shape index (κ2) is 7.24. The zero-order valence-corrected chi connectivity index (χ0v) is 11.5. The molecule has 3 N–H and O–H groups in total. The van der Waals surface area contributed by atoms with E-state index in [-0.39, 0.29) is 24.4 Å². The van der Waals surface area contributed by atoms with Crippen LogP contribution in [0.15, 0.2) is 18.2 Å². The minimum Gasteiger partial charge on any atom is -0.484 e. The van der Waals surface area contributed by atoms with Crippen LogP contribution in [0.25, 0.3) is 0 Å². The zero-order valence-electron chi connectivity index (χ0n) is 11.5. The van der Waals surface area contributed by atoms with Crippen LogP contribution < -0.4 is 15.8 Å². The van der Waals surface area contributed by atoms with Crippen molar-refractivity contribution in [3.63, 3.8) is 0 Å². The highest BCUT2D eigenvalue weighted by atomic mass is 19.1. The highest BCUT2D eigenvalue weighted by molar-refractivity contribution is 5.77. The Morgan fingerprint density at radius 1 is 1.35 bits per heavy atom. The monoisotopic (exact) mass is 280 g/mol. The Morgan fingerprint density at radius 3 is 2.80 bits per heavy atom. The molecule has 0 aliphatic heterocycles. The fraction of sp³-hybridized carbons (Fsp3) is 0.533. The second-order valence-corrected chi connectivity index (χ2v) is 5.17. The summed E-state index contributed by atoms with van der Waals surface area (Å²) in [4.78, 5) is 11.7. The third kappa shape index (κ3) is 4.49. The molecule has 1 fully saturated rings. The molecule has 1 amide bonds. The van der Waals surface area contributed by atoms with E-state index in [0.29, 0.717) is 18.7 Å². The summed E-state index contributed by atoms with van der Waals surface area (Å²) in [5.74, 6) is -0.154. The Labute approximate surface area is 118 Å². The number of nitrogens with one attached hydrogen (secondary N) is 1. The van der Waals surface area contributed by atoms with Crippen LogP contribution in [0.4, 0.5) is 4.39 Å². The van der Waals surface area contributed by atoms with Gasteiger partial charge in [-0.3, -0.25) is 4.79 Å². The van der Waals surface area contributed by atoms with Crippen LogP contribution >= 0.6 is 0 Å². The number of halogens is 1. The van der Waals surface area contributed by atoms with E-state index in [1.54, 1.807) is 6.07 Å². The molecule has 110 valence electrons. The van der Waals surface area contributed by atoms with Crippen molar-refractivity contribution in [3.05, 3.63) is 29.6 Å². The van der Waals surface area contributed by atoms with Crippen molar-refractivity contribution in [3.8, 4) is 5.75 Å². The third-order valence-corrected chi connectivity index (χ3v) is 3.45. The highest BCUT2D eigenvalue weighted by Crippen LogP contribution is 2.18. The van der Waals surface area contributed by atoms with Crippen LogP contribution in [0.3, 0.4) is 0 Å². The maximum absolute atomic E-state index is 13.4. The molecule has 5 heteroatoms. The summed E-state index contributed by atoms with van der Waals surface area (Å²) in [6.45, 7) is 0.368. The number of ether oxygens (including phenoxy) is 1. The van der Waals surface area contributed by atoms with Gasteiger partial charge in [0.15, 0.2) is 6.61 Å². The van der Waals surface area contributed by atoms with Crippen molar-refractivity contribution in [1.82, 2.24) is 5.32 Å². The number of nitrogens with two attached hydrogens (primary N) is 1. The minimum atomic E-state index is -0.373. The molecule has 0 spiro atoms. The van der Waals surface area contributed by atoms with Crippen LogP contribution in [0.2, 0.25) is 0 Å². The van der Waals surface area contributed by atoms with Crippen molar-refractivity contribution >= 4 is 5.91 Å². The van der Waals surface area contributed by atoms with Crippen LogP contribution in [0, 0.1) is 5.82 Å². The lowest BCUT2D eigenvalue weighted by molar-refractivity contribution is -0.123. The number of carbonyl (C=O) groups excluding carboxylic acids is 1. The summed E-state index contributed by atoms with van der Waals surface area (Å²) in [5, 5.41) is 2.93. The molecule has 0 saturated heterocycles. The summed E-state index contributed by atoms with van der Waals surface area (Å²) in [6.07, 6.45) is 4.98. The van der Waals surface area contributed by atoms with E-state index in [4.69, 9.17) is 10.5 Å². The van der Waals surface area contributed by atoms with Crippen molar-refractivity contribution in [2.24, 2.45) is 5.73 Å². The molecule has 0 unspecified atom stereocenters. The number of carbonyl (C=O) groups is 1. The first kappa shape index (κ1) is 14.8. The topological polar surface area (TPSA) is 64.3 Å². The second-order valence-electron chi connectivity index (χ2n) is 5.17. The van der Waals surface area contributed by atoms with Crippen molar-refractivity contribution in [2.45, 2.75) is 38.1 Å². The fourth-order valence-corrected chi connectivity index (χ4v) is 2.50. The van der Waals surface area contributed by atoms with E-state index in [0.717, 1.165) is 31.2 Å². The molecule has 0 radical (unpaired) electrons. The molecule has 0 bridgehead atoms. The molecular weight excluding hydrogens is 259 g/mol.